The molecule has 2 amide bonds. The molecule has 2 saturated heterocycles. The molecule has 6 rings (SSSR count). The van der Waals surface area contributed by atoms with E-state index in [2.05, 4.69) is 34.1 Å². The van der Waals surface area contributed by atoms with E-state index in [1.165, 1.54) is 0 Å². The first-order chi connectivity index (χ1) is 24.0. The lowest BCUT2D eigenvalue weighted by Gasteiger charge is -2.38. The number of carbonyl (C=O) groups is 2. The van der Waals surface area contributed by atoms with Crippen LogP contribution in [0.4, 0.5) is 11.4 Å². The van der Waals surface area contributed by atoms with Crippen LogP contribution >= 0.6 is 0 Å². The molecule has 2 unspecified atom stereocenters. The second kappa shape index (κ2) is 16.4. The molecule has 0 spiro atoms. The standard InChI is InChI=1S/C40H46N4O5/c1-47-35-19-11-9-17-33(35)37(29-39(45)43-25-21-41(22-26-43)31-13-5-3-6-14-31)49-38(34-18-10-12-20-36(34)48-2)30-40(46)44-27-23-42(24-28-44)32-15-7-4-8-16-32/h3-20,37-38H,21-30H2,1-2H3. The highest BCUT2D eigenvalue weighted by Crippen LogP contribution is 2.39. The summed E-state index contributed by atoms with van der Waals surface area (Å²) in [7, 11) is 3.24. The van der Waals surface area contributed by atoms with Crippen LogP contribution in [0.15, 0.2) is 109 Å². The number of rotatable bonds is 12. The molecule has 0 aromatic heterocycles. The molecule has 2 heterocycles. The van der Waals surface area contributed by atoms with E-state index in [1.54, 1.807) is 14.2 Å². The van der Waals surface area contributed by atoms with Gasteiger partial charge in [0.25, 0.3) is 0 Å². The summed E-state index contributed by atoms with van der Waals surface area (Å²) in [5, 5.41) is 0. The van der Waals surface area contributed by atoms with Crippen molar-refractivity contribution in [2.24, 2.45) is 0 Å². The van der Waals surface area contributed by atoms with Gasteiger partial charge in [-0.25, -0.2) is 0 Å². The number of carbonyl (C=O) groups excluding carboxylic acids is 2. The van der Waals surface area contributed by atoms with Crippen LogP contribution in [-0.2, 0) is 14.3 Å². The first kappa shape index (κ1) is 33.9. The number of anilines is 2. The summed E-state index contributed by atoms with van der Waals surface area (Å²) in [6.07, 6.45) is -1.09. The number of amides is 2. The minimum absolute atomic E-state index is 0.00533. The topological polar surface area (TPSA) is 74.8 Å². The number of hydrogen-bond donors (Lipinski definition) is 0. The molecule has 0 bridgehead atoms. The van der Waals surface area contributed by atoms with E-state index in [0.717, 1.165) is 48.7 Å². The molecular formula is C40H46N4O5. The Morgan fingerprint density at radius 3 is 1.22 bits per heavy atom. The van der Waals surface area contributed by atoms with Crippen LogP contribution in [0.2, 0.25) is 0 Å². The number of methoxy groups -OCH3 is 2. The van der Waals surface area contributed by atoms with E-state index >= 15 is 0 Å². The zero-order valence-electron chi connectivity index (χ0n) is 28.4. The average Bonchev–Trinajstić information content (AvgIpc) is 3.18. The Morgan fingerprint density at radius 2 is 0.857 bits per heavy atom. The fraction of sp³-hybridized carbons (Fsp3) is 0.350. The molecule has 9 nitrogen and oxygen atoms in total. The first-order valence-electron chi connectivity index (χ1n) is 17.1. The molecule has 256 valence electrons. The molecule has 2 atom stereocenters. The van der Waals surface area contributed by atoms with E-state index in [9.17, 15) is 9.59 Å². The highest BCUT2D eigenvalue weighted by Gasteiger charge is 2.32. The van der Waals surface area contributed by atoms with Crippen molar-refractivity contribution in [2.75, 3.05) is 76.4 Å². The molecule has 2 fully saturated rings. The molecule has 9 heteroatoms. The van der Waals surface area contributed by atoms with Gasteiger partial charge < -0.3 is 33.8 Å². The predicted molar refractivity (Wildman–Crippen MR) is 192 cm³/mol. The summed E-state index contributed by atoms with van der Waals surface area (Å²) < 4.78 is 18.4. The first-order valence-corrected chi connectivity index (χ1v) is 17.1. The highest BCUT2D eigenvalue weighted by molar-refractivity contribution is 5.78. The molecule has 0 aliphatic carbocycles. The molecule has 49 heavy (non-hydrogen) atoms. The van der Waals surface area contributed by atoms with Crippen LogP contribution in [0.5, 0.6) is 11.5 Å². The van der Waals surface area contributed by atoms with Crippen molar-refractivity contribution in [3.63, 3.8) is 0 Å². The van der Waals surface area contributed by atoms with E-state index < -0.39 is 12.2 Å². The molecular weight excluding hydrogens is 616 g/mol. The van der Waals surface area contributed by atoms with Crippen molar-refractivity contribution >= 4 is 23.2 Å². The van der Waals surface area contributed by atoms with Gasteiger partial charge >= 0.3 is 0 Å². The van der Waals surface area contributed by atoms with Gasteiger partial charge in [-0.1, -0.05) is 72.8 Å². The third kappa shape index (κ3) is 8.35. The Morgan fingerprint density at radius 1 is 0.510 bits per heavy atom. The maximum atomic E-state index is 14.0. The van der Waals surface area contributed by atoms with E-state index in [4.69, 9.17) is 14.2 Å². The minimum atomic E-state index is -0.659. The van der Waals surface area contributed by atoms with Crippen LogP contribution in [0.25, 0.3) is 0 Å². The van der Waals surface area contributed by atoms with Crippen LogP contribution in [0.3, 0.4) is 0 Å². The van der Waals surface area contributed by atoms with Gasteiger partial charge in [0.15, 0.2) is 0 Å². The minimum Gasteiger partial charge on any atom is -0.496 e. The number of piperazine rings is 2. The van der Waals surface area contributed by atoms with Gasteiger partial charge in [-0.2, -0.15) is 0 Å². The van der Waals surface area contributed by atoms with E-state index in [1.807, 2.05) is 94.7 Å². The summed E-state index contributed by atoms with van der Waals surface area (Å²) >= 11 is 0. The smallest absolute Gasteiger partial charge is 0.225 e. The van der Waals surface area contributed by atoms with Crippen molar-refractivity contribution in [1.82, 2.24) is 9.80 Å². The maximum absolute atomic E-state index is 14.0. The quantitative estimate of drug-likeness (QED) is 0.185. The lowest BCUT2D eigenvalue weighted by molar-refractivity contribution is -0.139. The molecule has 4 aromatic carbocycles. The van der Waals surface area contributed by atoms with Crippen molar-refractivity contribution < 1.29 is 23.8 Å². The van der Waals surface area contributed by atoms with Gasteiger partial charge in [0.2, 0.25) is 11.8 Å². The monoisotopic (exact) mass is 662 g/mol. The Labute approximate surface area is 289 Å². The maximum Gasteiger partial charge on any atom is 0.225 e. The molecule has 0 radical (unpaired) electrons. The van der Waals surface area contributed by atoms with Crippen molar-refractivity contribution in [3.8, 4) is 11.5 Å². The zero-order chi connectivity index (χ0) is 34.0. The lowest BCUT2D eigenvalue weighted by atomic mass is 10.0. The second-order valence-corrected chi connectivity index (χ2v) is 12.4. The van der Waals surface area contributed by atoms with E-state index in [0.29, 0.717) is 37.7 Å². The van der Waals surface area contributed by atoms with Gasteiger partial charge in [-0.15, -0.1) is 0 Å². The largest absolute Gasteiger partial charge is 0.496 e. The van der Waals surface area contributed by atoms with E-state index in [-0.39, 0.29) is 24.7 Å². The Hall–Kier alpha value is -5.02. The van der Waals surface area contributed by atoms with Crippen LogP contribution in [0.1, 0.15) is 36.2 Å². The second-order valence-electron chi connectivity index (χ2n) is 12.4. The summed E-state index contributed by atoms with van der Waals surface area (Å²) in [5.74, 6) is 1.28. The SMILES string of the molecule is COc1ccccc1C(CC(=O)N1CCN(c2ccccc2)CC1)OC(CC(=O)N1CCN(c2ccccc2)CC1)c1ccccc1OC. The normalized spacial score (nSPS) is 16.2. The lowest BCUT2D eigenvalue weighted by Crippen LogP contribution is -2.49. The van der Waals surface area contributed by atoms with Gasteiger partial charge in [0.05, 0.1) is 39.3 Å². The Kier molecular flexibility index (Phi) is 11.3. The molecule has 2 aliphatic heterocycles. The predicted octanol–water partition coefficient (Wildman–Crippen LogP) is 5.98. The molecule has 4 aromatic rings. The van der Waals surface area contributed by atoms with Crippen LogP contribution < -0.4 is 19.3 Å². The number of nitrogens with zero attached hydrogens (tertiary/aromatic N) is 4. The van der Waals surface area contributed by atoms with Crippen LogP contribution in [0, 0.1) is 0 Å². The fourth-order valence-electron chi connectivity index (χ4n) is 6.81. The third-order valence-corrected chi connectivity index (χ3v) is 9.53. The summed E-state index contributed by atoms with van der Waals surface area (Å²) in [6.45, 7) is 5.51. The van der Waals surface area contributed by atoms with Gasteiger partial charge in [0.1, 0.15) is 11.5 Å². The number of para-hydroxylation sites is 4. The summed E-state index contributed by atoms with van der Waals surface area (Å²) in [6, 6.07) is 35.9. The Bertz CT molecular complexity index is 1530. The highest BCUT2D eigenvalue weighted by atomic mass is 16.5. The van der Waals surface area contributed by atoms with Gasteiger partial charge in [0, 0.05) is 74.9 Å². The number of benzene rings is 4. The molecule has 2 aliphatic rings. The Balaban J connectivity index is 1.21. The van der Waals surface area contributed by atoms with Crippen molar-refractivity contribution in [1.29, 1.82) is 0 Å². The van der Waals surface area contributed by atoms with Crippen LogP contribution in [-0.4, -0.2) is 88.2 Å². The molecule has 0 saturated carbocycles. The third-order valence-electron chi connectivity index (χ3n) is 9.53. The molecule has 0 N–H and O–H groups in total. The van der Waals surface area contributed by atoms with Crippen molar-refractivity contribution in [3.05, 3.63) is 120 Å². The summed E-state index contributed by atoms with van der Waals surface area (Å²) in [5.41, 5.74) is 3.86. The van der Waals surface area contributed by atoms with Gasteiger partial charge in [-0.3, -0.25) is 9.59 Å². The number of hydrogen-bond acceptors (Lipinski definition) is 7. The summed E-state index contributed by atoms with van der Waals surface area (Å²) in [4.78, 5) is 36.4. The number of ether oxygens (including phenoxy) is 3. The van der Waals surface area contributed by atoms with Gasteiger partial charge in [-0.05, 0) is 36.4 Å². The van der Waals surface area contributed by atoms with Crippen molar-refractivity contribution in [2.45, 2.75) is 25.0 Å². The average molecular weight is 663 g/mol. The zero-order valence-corrected chi connectivity index (χ0v) is 28.4. The fourth-order valence-corrected chi connectivity index (χ4v) is 6.81.